The number of hydrogen-bond acceptors (Lipinski definition) is 3. The maximum absolute atomic E-state index is 9.37. The molecule has 0 spiro atoms. The Morgan fingerprint density at radius 1 is 1.33 bits per heavy atom. The van der Waals surface area contributed by atoms with Gasteiger partial charge < -0.3 is 15.2 Å². The number of ether oxygens (including phenoxy) is 1. The average molecular weight is 215 g/mol. The minimum Gasteiger partial charge on any atom is -0.396 e. The molecule has 15 heavy (non-hydrogen) atoms. The van der Waals surface area contributed by atoms with E-state index in [1.54, 1.807) is 0 Å². The molecule has 0 radical (unpaired) electrons. The highest BCUT2D eigenvalue weighted by Crippen LogP contribution is 2.25. The van der Waals surface area contributed by atoms with E-state index >= 15 is 0 Å². The summed E-state index contributed by atoms with van der Waals surface area (Å²) in [6.45, 7) is 7.40. The Kier molecular flexibility index (Phi) is 6.22. The minimum atomic E-state index is 0.324. The van der Waals surface area contributed by atoms with Crippen molar-refractivity contribution in [3.8, 4) is 0 Å². The summed E-state index contributed by atoms with van der Waals surface area (Å²) in [5.74, 6) is 1.12. The Morgan fingerprint density at radius 3 is 2.53 bits per heavy atom. The second-order valence-electron chi connectivity index (χ2n) is 4.79. The SMILES string of the molecule is CC(C)NCCC(CO)C1CCOCC1. The summed E-state index contributed by atoms with van der Waals surface area (Å²) in [4.78, 5) is 0. The predicted octanol–water partition coefficient (Wildman–Crippen LogP) is 1.41. The van der Waals surface area contributed by atoms with Gasteiger partial charge in [0.05, 0.1) is 0 Å². The van der Waals surface area contributed by atoms with Crippen LogP contribution < -0.4 is 5.32 Å². The molecule has 1 rings (SSSR count). The molecule has 0 saturated carbocycles. The molecule has 1 heterocycles. The first-order valence-electron chi connectivity index (χ1n) is 6.16. The van der Waals surface area contributed by atoms with Crippen molar-refractivity contribution in [3.05, 3.63) is 0 Å². The summed E-state index contributed by atoms with van der Waals surface area (Å²) in [6.07, 6.45) is 3.32. The van der Waals surface area contributed by atoms with E-state index < -0.39 is 0 Å². The molecule has 1 unspecified atom stereocenters. The first kappa shape index (κ1) is 12.9. The van der Waals surface area contributed by atoms with Gasteiger partial charge in [-0.25, -0.2) is 0 Å². The Hall–Kier alpha value is -0.120. The van der Waals surface area contributed by atoms with E-state index in [0.29, 0.717) is 24.5 Å². The van der Waals surface area contributed by atoms with Gasteiger partial charge in [-0.2, -0.15) is 0 Å². The van der Waals surface area contributed by atoms with Crippen LogP contribution in [-0.2, 0) is 4.74 Å². The molecule has 0 aromatic carbocycles. The monoisotopic (exact) mass is 215 g/mol. The van der Waals surface area contributed by atoms with Gasteiger partial charge in [0.15, 0.2) is 0 Å². The van der Waals surface area contributed by atoms with E-state index in [4.69, 9.17) is 4.74 Å². The Labute approximate surface area is 93.2 Å². The number of hydrogen-bond donors (Lipinski definition) is 2. The van der Waals surface area contributed by atoms with Crippen molar-refractivity contribution >= 4 is 0 Å². The summed E-state index contributed by atoms with van der Waals surface area (Å²) in [5.41, 5.74) is 0. The van der Waals surface area contributed by atoms with Crippen LogP contribution in [-0.4, -0.2) is 37.5 Å². The molecule has 0 aliphatic carbocycles. The first-order chi connectivity index (χ1) is 7.24. The van der Waals surface area contributed by atoms with E-state index in [9.17, 15) is 5.11 Å². The molecule has 1 fully saturated rings. The van der Waals surface area contributed by atoms with Gasteiger partial charge in [0.25, 0.3) is 0 Å². The standard InChI is InChI=1S/C12H25NO2/c1-10(2)13-6-3-12(9-14)11-4-7-15-8-5-11/h10-14H,3-9H2,1-2H3. The second-order valence-corrected chi connectivity index (χ2v) is 4.79. The maximum Gasteiger partial charge on any atom is 0.0468 e. The summed E-state index contributed by atoms with van der Waals surface area (Å²) in [7, 11) is 0. The van der Waals surface area contributed by atoms with Crippen LogP contribution in [0.5, 0.6) is 0 Å². The smallest absolute Gasteiger partial charge is 0.0468 e. The molecule has 1 aliphatic heterocycles. The van der Waals surface area contributed by atoms with Gasteiger partial charge in [-0.3, -0.25) is 0 Å². The van der Waals surface area contributed by atoms with Gasteiger partial charge >= 0.3 is 0 Å². The zero-order valence-electron chi connectivity index (χ0n) is 10.0. The lowest BCUT2D eigenvalue weighted by Gasteiger charge is -2.29. The van der Waals surface area contributed by atoms with E-state index in [2.05, 4.69) is 19.2 Å². The van der Waals surface area contributed by atoms with Crippen LogP contribution in [0.3, 0.4) is 0 Å². The van der Waals surface area contributed by atoms with Crippen molar-refractivity contribution in [1.29, 1.82) is 0 Å². The van der Waals surface area contributed by atoms with Crippen LogP contribution in [0.15, 0.2) is 0 Å². The summed E-state index contributed by atoms with van der Waals surface area (Å²) in [5, 5.41) is 12.8. The third kappa shape index (κ3) is 4.96. The van der Waals surface area contributed by atoms with Crippen LogP contribution in [0.4, 0.5) is 0 Å². The molecule has 2 N–H and O–H groups in total. The third-order valence-corrected chi connectivity index (χ3v) is 3.23. The van der Waals surface area contributed by atoms with Crippen LogP contribution in [0.25, 0.3) is 0 Å². The molecule has 0 aromatic heterocycles. The number of rotatable bonds is 6. The Bertz CT molecular complexity index is 156. The van der Waals surface area contributed by atoms with Gasteiger partial charge in [0.1, 0.15) is 0 Å². The first-order valence-corrected chi connectivity index (χ1v) is 6.16. The Morgan fingerprint density at radius 2 is 2.00 bits per heavy atom. The quantitative estimate of drug-likeness (QED) is 0.704. The van der Waals surface area contributed by atoms with Crippen molar-refractivity contribution in [1.82, 2.24) is 5.32 Å². The molecule has 0 bridgehead atoms. The fourth-order valence-electron chi connectivity index (χ4n) is 2.22. The van der Waals surface area contributed by atoms with Crippen LogP contribution >= 0.6 is 0 Å². The molecule has 1 atom stereocenters. The molecular formula is C12H25NO2. The summed E-state index contributed by atoms with van der Waals surface area (Å²) < 4.78 is 5.34. The lowest BCUT2D eigenvalue weighted by Crippen LogP contribution is -2.31. The lowest BCUT2D eigenvalue weighted by molar-refractivity contribution is 0.0311. The number of nitrogens with one attached hydrogen (secondary N) is 1. The van der Waals surface area contributed by atoms with E-state index in [1.165, 1.54) is 0 Å². The highest BCUT2D eigenvalue weighted by atomic mass is 16.5. The molecule has 1 saturated heterocycles. The normalized spacial score (nSPS) is 20.8. The zero-order chi connectivity index (χ0) is 11.1. The van der Waals surface area contributed by atoms with Gasteiger partial charge in [0, 0.05) is 25.9 Å². The maximum atomic E-state index is 9.37. The number of aliphatic hydroxyl groups is 1. The highest BCUT2D eigenvalue weighted by molar-refractivity contribution is 4.73. The second kappa shape index (κ2) is 7.20. The fourth-order valence-corrected chi connectivity index (χ4v) is 2.22. The van der Waals surface area contributed by atoms with Crippen molar-refractivity contribution in [2.45, 2.75) is 39.2 Å². The van der Waals surface area contributed by atoms with Crippen LogP contribution in [0.2, 0.25) is 0 Å². The van der Waals surface area contributed by atoms with E-state index in [1.807, 2.05) is 0 Å². The molecule has 1 aliphatic rings. The van der Waals surface area contributed by atoms with Gasteiger partial charge in [-0.15, -0.1) is 0 Å². The predicted molar refractivity (Wildman–Crippen MR) is 61.9 cm³/mol. The summed E-state index contributed by atoms with van der Waals surface area (Å²) in [6, 6.07) is 0.541. The van der Waals surface area contributed by atoms with Crippen molar-refractivity contribution in [2.24, 2.45) is 11.8 Å². The van der Waals surface area contributed by atoms with Crippen molar-refractivity contribution < 1.29 is 9.84 Å². The van der Waals surface area contributed by atoms with Gasteiger partial charge in [-0.05, 0) is 37.6 Å². The highest BCUT2D eigenvalue weighted by Gasteiger charge is 2.22. The largest absolute Gasteiger partial charge is 0.396 e. The van der Waals surface area contributed by atoms with Crippen molar-refractivity contribution in [3.63, 3.8) is 0 Å². The molecular weight excluding hydrogens is 190 g/mol. The average Bonchev–Trinajstić information content (AvgIpc) is 2.25. The van der Waals surface area contributed by atoms with Gasteiger partial charge in [0.2, 0.25) is 0 Å². The molecule has 90 valence electrons. The third-order valence-electron chi connectivity index (χ3n) is 3.23. The van der Waals surface area contributed by atoms with Gasteiger partial charge in [-0.1, -0.05) is 13.8 Å². The van der Waals surface area contributed by atoms with Crippen molar-refractivity contribution in [2.75, 3.05) is 26.4 Å². The van der Waals surface area contributed by atoms with Crippen LogP contribution in [0, 0.1) is 11.8 Å². The molecule has 0 amide bonds. The number of aliphatic hydroxyl groups excluding tert-OH is 1. The molecule has 3 nitrogen and oxygen atoms in total. The lowest BCUT2D eigenvalue weighted by atomic mass is 9.84. The van der Waals surface area contributed by atoms with E-state index in [-0.39, 0.29) is 0 Å². The van der Waals surface area contributed by atoms with Crippen LogP contribution in [0.1, 0.15) is 33.1 Å². The topological polar surface area (TPSA) is 41.5 Å². The van der Waals surface area contributed by atoms with E-state index in [0.717, 1.165) is 39.0 Å². The Balaban J connectivity index is 2.21. The fraction of sp³-hybridized carbons (Fsp3) is 1.00. The zero-order valence-corrected chi connectivity index (χ0v) is 10.0. The minimum absolute atomic E-state index is 0.324. The molecule has 0 aromatic rings. The summed E-state index contributed by atoms with van der Waals surface area (Å²) >= 11 is 0. The molecule has 3 heteroatoms.